The maximum atomic E-state index is 4.31. The first-order valence-electron chi connectivity index (χ1n) is 3.51. The number of hydrogen-bond acceptors (Lipinski definition) is 3. The molecule has 1 heterocycles. The lowest BCUT2D eigenvalue weighted by Gasteiger charge is -1.96. The topological polar surface area (TPSA) is 25.8 Å². The van der Waals surface area contributed by atoms with E-state index in [4.69, 9.17) is 0 Å². The monoisotopic (exact) mass is 366 g/mol. The third kappa shape index (κ3) is 2.08. The van der Waals surface area contributed by atoms with Crippen LogP contribution in [0, 0.1) is 3.83 Å². The highest BCUT2D eigenvalue weighted by Crippen LogP contribution is 2.28. The van der Waals surface area contributed by atoms with E-state index in [2.05, 4.69) is 47.9 Å². The molecular formula is C8H4BrIN2S. The Kier molecular flexibility index (Phi) is 2.95. The van der Waals surface area contributed by atoms with Crippen molar-refractivity contribution in [3.63, 3.8) is 0 Å². The normalized spacial score (nSPS) is 10.3. The molecular weight excluding hydrogens is 363 g/mol. The maximum Gasteiger partial charge on any atom is 0.203 e. The van der Waals surface area contributed by atoms with Crippen molar-refractivity contribution < 1.29 is 0 Å². The fourth-order valence-corrected chi connectivity index (χ4v) is 2.86. The molecule has 1 aromatic heterocycles. The molecule has 0 saturated carbocycles. The van der Waals surface area contributed by atoms with Gasteiger partial charge in [-0.25, -0.2) is 4.98 Å². The molecule has 0 aliphatic rings. The summed E-state index contributed by atoms with van der Waals surface area (Å²) >= 11 is 7.01. The van der Waals surface area contributed by atoms with Gasteiger partial charge in [0, 0.05) is 32.6 Å². The predicted molar refractivity (Wildman–Crippen MR) is 65.8 cm³/mol. The quantitative estimate of drug-likeness (QED) is 0.721. The van der Waals surface area contributed by atoms with Gasteiger partial charge in [-0.2, -0.15) is 4.37 Å². The predicted octanol–water partition coefficient (Wildman–Crippen LogP) is 3.57. The number of benzene rings is 1. The molecule has 2 nitrogen and oxygen atoms in total. The van der Waals surface area contributed by atoms with Crippen LogP contribution in [0.3, 0.4) is 0 Å². The summed E-state index contributed by atoms with van der Waals surface area (Å²) in [7, 11) is 0. The van der Waals surface area contributed by atoms with E-state index in [9.17, 15) is 0 Å². The summed E-state index contributed by atoms with van der Waals surface area (Å²) in [6.45, 7) is 0. The van der Waals surface area contributed by atoms with Crippen LogP contribution in [0.25, 0.3) is 10.6 Å². The van der Waals surface area contributed by atoms with Gasteiger partial charge in [0.25, 0.3) is 0 Å². The lowest BCUT2D eigenvalue weighted by molar-refractivity contribution is 1.25. The zero-order valence-electron chi connectivity index (χ0n) is 6.37. The summed E-state index contributed by atoms with van der Waals surface area (Å²) in [5.41, 5.74) is 1.10. The average molecular weight is 367 g/mol. The lowest BCUT2D eigenvalue weighted by atomic mass is 10.2. The van der Waals surface area contributed by atoms with E-state index >= 15 is 0 Å². The van der Waals surface area contributed by atoms with Crippen molar-refractivity contribution in [1.82, 2.24) is 9.36 Å². The van der Waals surface area contributed by atoms with Gasteiger partial charge in [0.2, 0.25) is 3.83 Å². The first-order chi connectivity index (χ1) is 6.27. The Hall–Kier alpha value is -0.0100. The second-order valence-electron chi connectivity index (χ2n) is 2.35. The smallest absolute Gasteiger partial charge is 0.203 e. The van der Waals surface area contributed by atoms with Crippen LogP contribution in [0.4, 0.5) is 0 Å². The summed E-state index contributed by atoms with van der Waals surface area (Å²) in [5.74, 6) is 0. The minimum Gasteiger partial charge on any atom is -0.210 e. The van der Waals surface area contributed by atoms with Crippen LogP contribution < -0.4 is 0 Å². The van der Waals surface area contributed by atoms with Crippen molar-refractivity contribution in [2.75, 3.05) is 0 Å². The van der Waals surface area contributed by atoms with E-state index < -0.39 is 0 Å². The fraction of sp³-hybridized carbons (Fsp3) is 0. The summed E-state index contributed by atoms with van der Waals surface area (Å²) in [5, 5.41) is 0.955. The van der Waals surface area contributed by atoms with Gasteiger partial charge in [0.05, 0.1) is 0 Å². The molecule has 5 heteroatoms. The zero-order chi connectivity index (χ0) is 9.26. The Morgan fingerprint density at radius 1 is 1.31 bits per heavy atom. The first kappa shape index (κ1) is 9.54. The molecule has 0 fully saturated rings. The second-order valence-corrected chi connectivity index (χ2v) is 4.92. The Balaban J connectivity index is 2.52. The van der Waals surface area contributed by atoms with E-state index in [0.717, 1.165) is 18.9 Å². The van der Waals surface area contributed by atoms with Gasteiger partial charge in [0.1, 0.15) is 5.01 Å². The molecule has 13 heavy (non-hydrogen) atoms. The van der Waals surface area contributed by atoms with Crippen molar-refractivity contribution in [3.8, 4) is 10.6 Å². The highest BCUT2D eigenvalue weighted by atomic mass is 127. The fourth-order valence-electron chi connectivity index (χ4n) is 0.950. The molecule has 66 valence electrons. The summed E-state index contributed by atoms with van der Waals surface area (Å²) < 4.78 is 5.99. The zero-order valence-corrected chi connectivity index (χ0v) is 10.9. The molecule has 0 aliphatic carbocycles. The summed E-state index contributed by atoms with van der Waals surface area (Å²) in [6, 6.07) is 8.01. The highest BCUT2D eigenvalue weighted by molar-refractivity contribution is 14.1. The number of aromatic nitrogens is 2. The molecule has 0 atom stereocenters. The molecule has 0 unspecified atom stereocenters. The molecule has 0 spiro atoms. The van der Waals surface area contributed by atoms with Crippen LogP contribution >= 0.6 is 50.1 Å². The van der Waals surface area contributed by atoms with Crippen molar-refractivity contribution in [2.45, 2.75) is 0 Å². The minimum atomic E-state index is 0.799. The van der Waals surface area contributed by atoms with Crippen LogP contribution in [0.5, 0.6) is 0 Å². The van der Waals surface area contributed by atoms with Crippen molar-refractivity contribution in [1.29, 1.82) is 0 Å². The van der Waals surface area contributed by atoms with Gasteiger partial charge in [-0.15, -0.1) is 0 Å². The SMILES string of the molecule is Brc1ccccc1-c1nc(I)ns1. The van der Waals surface area contributed by atoms with E-state index in [1.165, 1.54) is 11.5 Å². The van der Waals surface area contributed by atoms with Crippen LogP contribution in [-0.2, 0) is 0 Å². The van der Waals surface area contributed by atoms with Gasteiger partial charge >= 0.3 is 0 Å². The lowest BCUT2D eigenvalue weighted by Crippen LogP contribution is -1.78. The third-order valence-corrected chi connectivity index (χ3v) is 3.76. The van der Waals surface area contributed by atoms with Crippen LogP contribution in [0.15, 0.2) is 28.7 Å². The molecule has 2 rings (SSSR count). The third-order valence-electron chi connectivity index (χ3n) is 1.51. The standard InChI is InChI=1S/C8H4BrIN2S/c9-6-4-2-1-3-5(6)7-11-8(10)12-13-7/h1-4H. The molecule has 0 aliphatic heterocycles. The van der Waals surface area contributed by atoms with Gasteiger partial charge in [-0.05, 0) is 17.6 Å². The molecule has 0 N–H and O–H groups in total. The molecule has 0 radical (unpaired) electrons. The van der Waals surface area contributed by atoms with Gasteiger partial charge in [-0.3, -0.25) is 0 Å². The summed E-state index contributed by atoms with van der Waals surface area (Å²) in [4.78, 5) is 4.31. The van der Waals surface area contributed by atoms with Gasteiger partial charge in [0.15, 0.2) is 0 Å². The van der Waals surface area contributed by atoms with Crippen molar-refractivity contribution >= 4 is 50.1 Å². The Bertz CT molecular complexity index is 430. The average Bonchev–Trinajstić information content (AvgIpc) is 2.53. The number of halogens is 2. The van der Waals surface area contributed by atoms with Gasteiger partial charge in [-0.1, -0.05) is 34.1 Å². The number of hydrogen-bond donors (Lipinski definition) is 0. The van der Waals surface area contributed by atoms with E-state index in [-0.39, 0.29) is 0 Å². The van der Waals surface area contributed by atoms with E-state index in [1.54, 1.807) is 0 Å². The van der Waals surface area contributed by atoms with E-state index in [1.807, 2.05) is 24.3 Å². The highest BCUT2D eigenvalue weighted by Gasteiger charge is 2.06. The van der Waals surface area contributed by atoms with Crippen molar-refractivity contribution in [3.05, 3.63) is 32.6 Å². The second kappa shape index (κ2) is 4.02. The minimum absolute atomic E-state index is 0.799. The maximum absolute atomic E-state index is 4.31. The molecule has 2 aromatic rings. The van der Waals surface area contributed by atoms with Crippen LogP contribution in [-0.4, -0.2) is 9.36 Å². The van der Waals surface area contributed by atoms with Crippen molar-refractivity contribution in [2.24, 2.45) is 0 Å². The van der Waals surface area contributed by atoms with Gasteiger partial charge < -0.3 is 0 Å². The Labute approximate surface area is 102 Å². The first-order valence-corrected chi connectivity index (χ1v) is 6.16. The van der Waals surface area contributed by atoms with Crippen LogP contribution in [0.1, 0.15) is 0 Å². The molecule has 0 saturated heterocycles. The Morgan fingerprint density at radius 2 is 2.08 bits per heavy atom. The summed E-state index contributed by atoms with van der Waals surface area (Å²) in [6.07, 6.45) is 0. The molecule has 0 amide bonds. The van der Waals surface area contributed by atoms with E-state index in [0.29, 0.717) is 0 Å². The number of nitrogens with zero attached hydrogens (tertiary/aromatic N) is 2. The molecule has 1 aromatic carbocycles. The molecule has 0 bridgehead atoms. The van der Waals surface area contributed by atoms with Crippen LogP contribution in [0.2, 0.25) is 0 Å². The largest absolute Gasteiger partial charge is 0.210 e. The number of rotatable bonds is 1. The Morgan fingerprint density at radius 3 is 2.69 bits per heavy atom.